The average Bonchev–Trinajstić information content (AvgIpc) is 2.90. The first-order valence-corrected chi connectivity index (χ1v) is 12.4. The Kier molecular flexibility index (Phi) is 10.1. The fourth-order valence-electron chi connectivity index (χ4n) is 3.42. The van der Waals surface area contributed by atoms with Gasteiger partial charge >= 0.3 is 0 Å². The summed E-state index contributed by atoms with van der Waals surface area (Å²) in [5.41, 5.74) is 2.74. The van der Waals surface area contributed by atoms with Gasteiger partial charge in [0.25, 0.3) is 11.8 Å². The zero-order valence-corrected chi connectivity index (χ0v) is 21.0. The van der Waals surface area contributed by atoms with Crippen LogP contribution in [-0.2, 0) is 0 Å². The molecule has 188 valence electrons. The van der Waals surface area contributed by atoms with Gasteiger partial charge in [-0.25, -0.2) is 0 Å². The van der Waals surface area contributed by atoms with Gasteiger partial charge in [-0.2, -0.15) is 0 Å². The summed E-state index contributed by atoms with van der Waals surface area (Å²) in [6, 6.07) is 19.4. The second-order valence-electron chi connectivity index (χ2n) is 8.37. The average molecular weight is 487 g/mol. The number of carbonyl (C=O) groups is 2. The van der Waals surface area contributed by atoms with Gasteiger partial charge in [0.1, 0.15) is 11.5 Å². The molecule has 6 nitrogen and oxygen atoms in total. The minimum atomic E-state index is -0.282. The fraction of sp³-hybridized carbons (Fsp3) is 0.267. The lowest BCUT2D eigenvalue weighted by Crippen LogP contribution is -2.16. The summed E-state index contributed by atoms with van der Waals surface area (Å²) in [6.07, 6.45) is 5.71. The second-order valence-corrected chi connectivity index (χ2v) is 8.37. The van der Waals surface area contributed by atoms with Gasteiger partial charge in [0.2, 0.25) is 0 Å². The van der Waals surface area contributed by atoms with Crippen LogP contribution in [0.1, 0.15) is 65.8 Å². The van der Waals surface area contributed by atoms with E-state index in [1.165, 1.54) is 0 Å². The molecule has 0 saturated heterocycles. The third-order valence-electron chi connectivity index (χ3n) is 5.54. The molecule has 0 saturated carbocycles. The van der Waals surface area contributed by atoms with Crippen molar-refractivity contribution in [3.63, 3.8) is 0 Å². The molecule has 0 heterocycles. The molecule has 3 aromatic rings. The molecule has 6 heteroatoms. The van der Waals surface area contributed by atoms with Gasteiger partial charge in [0, 0.05) is 22.5 Å². The smallest absolute Gasteiger partial charge is 0.256 e. The van der Waals surface area contributed by atoms with Crippen molar-refractivity contribution in [2.45, 2.75) is 39.5 Å². The zero-order chi connectivity index (χ0) is 25.8. The first-order chi connectivity index (χ1) is 17.5. The molecule has 0 atom stereocenters. The number of unbranched alkanes of at least 4 members (excludes halogenated alkanes) is 2. The minimum absolute atomic E-state index is 0.275. The highest BCUT2D eigenvalue weighted by molar-refractivity contribution is 6.09. The van der Waals surface area contributed by atoms with Gasteiger partial charge in [0.05, 0.1) is 13.2 Å². The molecule has 0 aliphatic heterocycles. The van der Waals surface area contributed by atoms with Crippen LogP contribution in [0.25, 0.3) is 6.08 Å². The summed E-state index contributed by atoms with van der Waals surface area (Å²) in [5, 5.41) is 5.76. The third kappa shape index (κ3) is 7.73. The first kappa shape index (κ1) is 26.5. The van der Waals surface area contributed by atoms with E-state index in [-0.39, 0.29) is 11.8 Å². The van der Waals surface area contributed by atoms with Crippen molar-refractivity contribution in [2.24, 2.45) is 0 Å². The lowest BCUT2D eigenvalue weighted by atomic mass is 10.0. The molecule has 36 heavy (non-hydrogen) atoms. The van der Waals surface area contributed by atoms with E-state index in [0.29, 0.717) is 41.3 Å². The number of carbonyl (C=O) groups excluding carboxylic acids is 2. The molecule has 0 bridgehead atoms. The molecule has 0 aliphatic carbocycles. The van der Waals surface area contributed by atoms with Crippen LogP contribution in [0.15, 0.2) is 73.3 Å². The monoisotopic (exact) mass is 486 g/mol. The second kappa shape index (κ2) is 13.7. The summed E-state index contributed by atoms with van der Waals surface area (Å²) < 4.78 is 11.3. The number of amides is 2. The van der Waals surface area contributed by atoms with Gasteiger partial charge in [-0.3, -0.25) is 9.59 Å². The van der Waals surface area contributed by atoms with Crippen molar-refractivity contribution in [3.05, 3.63) is 90.0 Å². The summed E-state index contributed by atoms with van der Waals surface area (Å²) >= 11 is 0. The highest BCUT2D eigenvalue weighted by atomic mass is 16.5. The Morgan fingerprint density at radius 3 is 1.72 bits per heavy atom. The van der Waals surface area contributed by atoms with E-state index in [4.69, 9.17) is 9.47 Å². The number of anilines is 2. The number of nitrogens with one attached hydrogen (secondary N) is 2. The van der Waals surface area contributed by atoms with Crippen molar-refractivity contribution in [1.82, 2.24) is 0 Å². The molecule has 3 rings (SSSR count). The molecular formula is C30H34N2O4. The van der Waals surface area contributed by atoms with Crippen LogP contribution in [-0.4, -0.2) is 25.0 Å². The maximum atomic E-state index is 12.9. The maximum absolute atomic E-state index is 12.9. The quantitative estimate of drug-likeness (QED) is 0.251. The highest BCUT2D eigenvalue weighted by Crippen LogP contribution is 2.21. The molecule has 0 spiro atoms. The van der Waals surface area contributed by atoms with Crippen LogP contribution in [0.5, 0.6) is 11.5 Å². The van der Waals surface area contributed by atoms with Crippen molar-refractivity contribution in [2.75, 3.05) is 23.8 Å². The number of ether oxygens (including phenoxy) is 2. The van der Waals surface area contributed by atoms with E-state index in [9.17, 15) is 9.59 Å². The summed E-state index contributed by atoms with van der Waals surface area (Å²) in [4.78, 5) is 25.7. The topological polar surface area (TPSA) is 76.7 Å². The van der Waals surface area contributed by atoms with E-state index in [2.05, 4.69) is 31.1 Å². The van der Waals surface area contributed by atoms with Crippen molar-refractivity contribution in [1.29, 1.82) is 0 Å². The predicted molar refractivity (Wildman–Crippen MR) is 146 cm³/mol. The number of rotatable bonds is 13. The largest absolute Gasteiger partial charge is 0.494 e. The van der Waals surface area contributed by atoms with E-state index >= 15 is 0 Å². The van der Waals surface area contributed by atoms with Crippen LogP contribution in [0.4, 0.5) is 11.4 Å². The Balaban J connectivity index is 1.62. The van der Waals surface area contributed by atoms with Gasteiger partial charge in [-0.15, -0.1) is 0 Å². The number of hydrogen-bond donors (Lipinski definition) is 2. The normalized spacial score (nSPS) is 10.4. The number of hydrogen-bond acceptors (Lipinski definition) is 4. The number of benzene rings is 3. The van der Waals surface area contributed by atoms with E-state index in [1.54, 1.807) is 48.5 Å². The van der Waals surface area contributed by atoms with E-state index < -0.39 is 0 Å². The van der Waals surface area contributed by atoms with Crippen LogP contribution in [0.2, 0.25) is 0 Å². The molecule has 0 unspecified atom stereocenters. The Labute approximate surface area is 213 Å². The molecule has 2 N–H and O–H groups in total. The molecular weight excluding hydrogens is 452 g/mol. The Morgan fingerprint density at radius 2 is 1.25 bits per heavy atom. The van der Waals surface area contributed by atoms with Crippen molar-refractivity contribution >= 4 is 29.3 Å². The first-order valence-electron chi connectivity index (χ1n) is 12.4. The van der Waals surface area contributed by atoms with Crippen LogP contribution >= 0.6 is 0 Å². The molecule has 3 aromatic carbocycles. The molecule has 2 amide bonds. The fourth-order valence-corrected chi connectivity index (χ4v) is 3.42. The summed E-state index contributed by atoms with van der Waals surface area (Å²) in [5.74, 6) is 0.977. The maximum Gasteiger partial charge on any atom is 0.256 e. The van der Waals surface area contributed by atoms with E-state index in [1.807, 2.05) is 24.3 Å². The van der Waals surface area contributed by atoms with Gasteiger partial charge in [0.15, 0.2) is 0 Å². The van der Waals surface area contributed by atoms with Crippen LogP contribution < -0.4 is 20.1 Å². The summed E-state index contributed by atoms with van der Waals surface area (Å²) in [7, 11) is 0. The highest BCUT2D eigenvalue weighted by Gasteiger charge is 2.14. The van der Waals surface area contributed by atoms with Gasteiger partial charge in [-0.1, -0.05) is 39.3 Å². The molecule has 0 aliphatic rings. The predicted octanol–water partition coefficient (Wildman–Crippen LogP) is 7.19. The summed E-state index contributed by atoms with van der Waals surface area (Å²) in [6.45, 7) is 9.38. The molecule has 0 fully saturated rings. The van der Waals surface area contributed by atoms with Crippen molar-refractivity contribution in [3.8, 4) is 11.5 Å². The minimum Gasteiger partial charge on any atom is -0.494 e. The molecule has 0 aromatic heterocycles. The Bertz CT molecular complexity index is 1150. The Hall–Kier alpha value is -4.06. The molecule has 0 radical (unpaired) electrons. The van der Waals surface area contributed by atoms with Crippen LogP contribution in [0, 0.1) is 0 Å². The van der Waals surface area contributed by atoms with Gasteiger partial charge < -0.3 is 20.1 Å². The standard InChI is InChI=1S/C30H34N2O4/c1-4-7-19-35-26-14-10-24(11-15-26)31-29(33)23-9-18-28(22(6-3)21-23)30(34)32-25-12-16-27(17-13-25)36-20-8-5-2/h6,9-18,21H,3-5,7-8,19-20H2,1-2H3,(H,31,33)(H,32,34). The Morgan fingerprint density at radius 1 is 0.750 bits per heavy atom. The van der Waals surface area contributed by atoms with Gasteiger partial charge in [-0.05, 0) is 85.1 Å². The van der Waals surface area contributed by atoms with Crippen LogP contribution in [0.3, 0.4) is 0 Å². The third-order valence-corrected chi connectivity index (χ3v) is 5.54. The van der Waals surface area contributed by atoms with E-state index in [0.717, 1.165) is 37.2 Å². The lowest BCUT2D eigenvalue weighted by Gasteiger charge is -2.12. The zero-order valence-electron chi connectivity index (χ0n) is 21.0. The SMILES string of the molecule is C=Cc1cc(C(=O)Nc2ccc(OCCCC)cc2)ccc1C(=O)Nc1ccc(OCCCC)cc1. The lowest BCUT2D eigenvalue weighted by molar-refractivity contribution is 0.101. The van der Waals surface area contributed by atoms with Crippen molar-refractivity contribution < 1.29 is 19.1 Å².